The molecule has 0 saturated carbocycles. The highest BCUT2D eigenvalue weighted by Crippen LogP contribution is 2.62. The smallest absolute Gasteiger partial charge is 0.476 e. The van der Waals surface area contributed by atoms with Crippen molar-refractivity contribution in [2.75, 3.05) is 0 Å². The highest BCUT2D eigenvalue weighted by atomic mass is 31.3. The minimum absolute atomic E-state index is 0.0590. The Morgan fingerprint density at radius 2 is 1.88 bits per heavy atom. The molecule has 0 heterocycles. The average molecular weight is 291 g/mol. The average Bonchev–Trinajstić information content (AvgIpc) is 2.10. The number of carboxylic acid groups (broad SMARTS) is 1. The molecule has 0 radical (unpaired) electrons. The van der Waals surface area contributed by atoms with Gasteiger partial charge in [-0.3, -0.25) is 9.09 Å². The van der Waals surface area contributed by atoms with E-state index in [4.69, 9.17) is 20.6 Å². The Balaban J connectivity index is 5.04. The van der Waals surface area contributed by atoms with Crippen LogP contribution in [-0.4, -0.2) is 32.7 Å². The van der Waals surface area contributed by atoms with Gasteiger partial charge in [0.05, 0.1) is 0 Å². The first kappa shape index (κ1) is 16.7. The first-order valence-electron chi connectivity index (χ1n) is 4.55. The summed E-state index contributed by atoms with van der Waals surface area (Å²) in [4.78, 5) is 27.8. The molecule has 0 rings (SSSR count). The summed E-state index contributed by atoms with van der Waals surface area (Å²) in [5.41, 5.74) is 5.23. The van der Waals surface area contributed by atoms with Crippen molar-refractivity contribution in [3.05, 3.63) is 0 Å². The van der Waals surface area contributed by atoms with Crippen LogP contribution < -0.4 is 5.73 Å². The molecule has 0 aromatic heterocycles. The van der Waals surface area contributed by atoms with Gasteiger partial charge in [0.2, 0.25) is 0 Å². The van der Waals surface area contributed by atoms with Gasteiger partial charge in [0.25, 0.3) is 0 Å². The predicted molar refractivity (Wildman–Crippen MR) is 57.2 cm³/mol. The van der Waals surface area contributed by atoms with E-state index in [1.165, 1.54) is 6.92 Å². The molecule has 0 aliphatic rings. The van der Waals surface area contributed by atoms with Crippen molar-refractivity contribution in [2.24, 2.45) is 5.73 Å². The largest absolute Gasteiger partial charge is 0.479 e. The summed E-state index contributed by atoms with van der Waals surface area (Å²) in [6.45, 7) is 2.56. The summed E-state index contributed by atoms with van der Waals surface area (Å²) in [5, 5.41) is 8.68. The van der Waals surface area contributed by atoms with E-state index >= 15 is 0 Å². The number of rotatable bonds is 7. The van der Waals surface area contributed by atoms with Crippen LogP contribution in [0.3, 0.4) is 0 Å². The summed E-state index contributed by atoms with van der Waals surface area (Å²) >= 11 is 0. The molecule has 0 aliphatic heterocycles. The van der Waals surface area contributed by atoms with Crippen LogP contribution in [0, 0.1) is 0 Å². The topological polar surface area (TPSA) is 156 Å². The van der Waals surface area contributed by atoms with Gasteiger partial charge in [-0.1, -0.05) is 6.92 Å². The second kappa shape index (κ2) is 6.06. The van der Waals surface area contributed by atoms with Crippen LogP contribution in [0.4, 0.5) is 0 Å². The van der Waals surface area contributed by atoms with Gasteiger partial charge in [-0.25, -0.2) is 13.7 Å². The maximum absolute atomic E-state index is 11.9. The minimum Gasteiger partial charge on any atom is -0.479 e. The van der Waals surface area contributed by atoms with Crippen molar-refractivity contribution in [3.8, 4) is 0 Å². The lowest BCUT2D eigenvalue weighted by atomic mass is 10.3. The van der Waals surface area contributed by atoms with E-state index < -0.39 is 33.3 Å². The van der Waals surface area contributed by atoms with Crippen LogP contribution in [0.5, 0.6) is 0 Å². The zero-order chi connectivity index (χ0) is 13.9. The maximum Gasteiger partial charge on any atom is 0.476 e. The summed E-state index contributed by atoms with van der Waals surface area (Å²) < 4.78 is 31.1. The molecule has 11 heteroatoms. The fraction of sp³-hybridized carbons (Fsp3) is 0.833. The number of phosphoric acid groups is 1. The lowest BCUT2D eigenvalue weighted by Gasteiger charge is -2.24. The van der Waals surface area contributed by atoms with Crippen LogP contribution in [0.25, 0.3) is 0 Å². The van der Waals surface area contributed by atoms with Gasteiger partial charge >= 0.3 is 21.4 Å². The number of carboxylic acids is 1. The lowest BCUT2D eigenvalue weighted by molar-refractivity contribution is -0.145. The normalized spacial score (nSPS) is 19.4. The number of hydrogen-bond donors (Lipinski definition) is 4. The van der Waals surface area contributed by atoms with Crippen molar-refractivity contribution in [3.63, 3.8) is 0 Å². The van der Waals surface area contributed by atoms with Gasteiger partial charge < -0.3 is 20.6 Å². The third-order valence-corrected chi connectivity index (χ3v) is 4.95. The number of hydrogen-bond acceptors (Lipinski definition) is 6. The van der Waals surface area contributed by atoms with E-state index in [9.17, 15) is 13.9 Å². The first-order chi connectivity index (χ1) is 7.52. The molecule has 102 valence electrons. The highest BCUT2D eigenvalue weighted by Gasteiger charge is 2.41. The standard InChI is InChI=1S/C6H15NO8P2/c1-3-5(6(8)9)14-16(10,4(2)7)15-17(11,12)13/h4-5H,3,7H2,1-2H3,(H,8,9)(H2,11,12,13). The Bertz CT molecular complexity index is 363. The van der Waals surface area contributed by atoms with Crippen molar-refractivity contribution in [1.82, 2.24) is 0 Å². The molecular formula is C6H15NO8P2. The Hall–Kier alpha value is -0.270. The number of carbonyl (C=O) groups is 1. The second-order valence-corrected chi connectivity index (χ2v) is 6.93. The van der Waals surface area contributed by atoms with E-state index in [0.717, 1.165) is 6.92 Å². The lowest BCUT2D eigenvalue weighted by Crippen LogP contribution is -2.27. The van der Waals surface area contributed by atoms with E-state index in [1.54, 1.807) is 0 Å². The fourth-order valence-corrected chi connectivity index (χ4v) is 3.53. The Labute approximate surface area is 97.7 Å². The third kappa shape index (κ3) is 5.74. The number of nitrogens with two attached hydrogens (primary N) is 1. The van der Waals surface area contributed by atoms with Gasteiger partial charge in [-0.2, -0.15) is 0 Å². The molecule has 0 saturated heterocycles. The second-order valence-electron chi connectivity index (χ2n) is 3.19. The van der Waals surface area contributed by atoms with Crippen molar-refractivity contribution in [2.45, 2.75) is 32.2 Å². The molecule has 0 aromatic carbocycles. The van der Waals surface area contributed by atoms with Crippen molar-refractivity contribution >= 4 is 21.4 Å². The van der Waals surface area contributed by atoms with E-state index in [1.807, 2.05) is 0 Å². The van der Waals surface area contributed by atoms with Crippen LogP contribution >= 0.6 is 15.4 Å². The molecule has 0 spiro atoms. The highest BCUT2D eigenvalue weighted by molar-refractivity contribution is 7.64. The van der Waals surface area contributed by atoms with Crippen molar-refractivity contribution in [1.29, 1.82) is 0 Å². The van der Waals surface area contributed by atoms with Crippen LogP contribution in [-0.2, 0) is 22.8 Å². The van der Waals surface area contributed by atoms with Crippen LogP contribution in [0.1, 0.15) is 20.3 Å². The quantitative estimate of drug-likeness (QED) is 0.489. The van der Waals surface area contributed by atoms with Gasteiger partial charge in [0.15, 0.2) is 6.10 Å². The van der Waals surface area contributed by atoms with Crippen LogP contribution in [0.2, 0.25) is 0 Å². The molecule has 0 aliphatic carbocycles. The van der Waals surface area contributed by atoms with Gasteiger partial charge in [-0.05, 0) is 13.3 Å². The van der Waals surface area contributed by atoms with Crippen molar-refractivity contribution < 1.29 is 37.7 Å². The molecule has 3 atom stereocenters. The number of aliphatic carboxylic acids is 1. The molecule has 9 nitrogen and oxygen atoms in total. The van der Waals surface area contributed by atoms with E-state index in [-0.39, 0.29) is 6.42 Å². The summed E-state index contributed by atoms with van der Waals surface area (Å²) in [6, 6.07) is 0. The molecule has 0 fully saturated rings. The monoisotopic (exact) mass is 291 g/mol. The minimum atomic E-state index is -5.10. The van der Waals surface area contributed by atoms with E-state index in [2.05, 4.69) is 8.83 Å². The Morgan fingerprint density at radius 1 is 1.41 bits per heavy atom. The fourth-order valence-electron chi connectivity index (χ4n) is 0.809. The van der Waals surface area contributed by atoms with Gasteiger partial charge in [0.1, 0.15) is 5.78 Å². The predicted octanol–water partition coefficient (Wildman–Crippen LogP) is 0.473. The summed E-state index contributed by atoms with van der Waals surface area (Å²) in [6.07, 6.45) is -1.57. The van der Waals surface area contributed by atoms with Gasteiger partial charge in [0, 0.05) is 0 Å². The van der Waals surface area contributed by atoms with Gasteiger partial charge in [-0.15, -0.1) is 0 Å². The molecule has 0 bridgehead atoms. The maximum atomic E-state index is 11.9. The zero-order valence-electron chi connectivity index (χ0n) is 9.22. The summed E-state index contributed by atoms with van der Waals surface area (Å²) in [7, 11) is -9.50. The zero-order valence-corrected chi connectivity index (χ0v) is 11.0. The molecule has 3 unspecified atom stereocenters. The van der Waals surface area contributed by atoms with E-state index in [0.29, 0.717) is 0 Å². The SMILES string of the molecule is CCC(OP(=O)(OP(=O)(O)O)C(C)N)C(=O)O. The Morgan fingerprint density at radius 3 is 2.12 bits per heavy atom. The summed E-state index contributed by atoms with van der Waals surface area (Å²) in [5.74, 6) is -2.80. The molecule has 5 N–H and O–H groups in total. The molecule has 17 heavy (non-hydrogen) atoms. The third-order valence-electron chi connectivity index (χ3n) is 1.64. The first-order valence-corrected chi connectivity index (χ1v) is 7.69. The molecule has 0 amide bonds. The van der Waals surface area contributed by atoms with Crippen LogP contribution in [0.15, 0.2) is 0 Å². The molecule has 0 aromatic rings. The Kier molecular flexibility index (Phi) is 5.96. The molecular weight excluding hydrogens is 276 g/mol.